The molecule has 8 heteroatoms. The number of benzene rings is 1. The molecule has 2 rings (SSSR count). The molecule has 1 aromatic carbocycles. The molecule has 0 aliphatic heterocycles. The number of amides is 3. The summed E-state index contributed by atoms with van der Waals surface area (Å²) in [5.41, 5.74) is 12.4. The van der Waals surface area contributed by atoms with Gasteiger partial charge in [0.1, 0.15) is 0 Å². The molecule has 0 saturated heterocycles. The lowest BCUT2D eigenvalue weighted by molar-refractivity contribution is -0.134. The zero-order valence-electron chi connectivity index (χ0n) is 15.1. The van der Waals surface area contributed by atoms with Gasteiger partial charge in [0.05, 0.1) is 12.6 Å². The predicted octanol–water partition coefficient (Wildman–Crippen LogP) is 0.798. The van der Waals surface area contributed by atoms with E-state index in [1.807, 2.05) is 13.8 Å². The number of rotatable bonds is 8. The van der Waals surface area contributed by atoms with Crippen LogP contribution < -0.4 is 16.8 Å². The van der Waals surface area contributed by atoms with E-state index in [1.165, 1.54) is 0 Å². The number of carbonyl (C=O) groups excluding carboxylic acids is 3. The van der Waals surface area contributed by atoms with Crippen LogP contribution in [0.4, 0.5) is 0 Å². The van der Waals surface area contributed by atoms with Crippen LogP contribution in [-0.4, -0.2) is 41.2 Å². The van der Waals surface area contributed by atoms with E-state index in [0.29, 0.717) is 12.1 Å². The number of nitrogens with two attached hydrogens (primary N) is 2. The van der Waals surface area contributed by atoms with Crippen LogP contribution in [-0.2, 0) is 16.1 Å². The first-order chi connectivity index (χ1) is 11.8. The number of hydrogen-bond donors (Lipinski definition) is 3. The smallest absolute Gasteiger partial charge is 0.248 e. The molecular formula is C18H27ClN4O3. The van der Waals surface area contributed by atoms with Crippen LogP contribution in [0.25, 0.3) is 0 Å². The normalized spacial score (nSPS) is 14.3. The van der Waals surface area contributed by atoms with Gasteiger partial charge < -0.3 is 21.7 Å². The lowest BCUT2D eigenvalue weighted by Gasteiger charge is -2.23. The second kappa shape index (κ2) is 9.54. The van der Waals surface area contributed by atoms with Crippen molar-refractivity contribution in [2.45, 2.75) is 45.3 Å². The molecule has 3 amide bonds. The number of carbonyl (C=O) groups is 3. The summed E-state index contributed by atoms with van der Waals surface area (Å²) < 4.78 is 0. The summed E-state index contributed by atoms with van der Waals surface area (Å²) in [6.07, 6.45) is 1.93. The Kier molecular flexibility index (Phi) is 8.05. The molecule has 0 aromatic heterocycles. The van der Waals surface area contributed by atoms with Crippen molar-refractivity contribution in [1.29, 1.82) is 0 Å². The van der Waals surface area contributed by atoms with E-state index in [2.05, 4.69) is 5.32 Å². The fourth-order valence-corrected chi connectivity index (χ4v) is 2.46. The Morgan fingerprint density at radius 2 is 1.77 bits per heavy atom. The predicted molar refractivity (Wildman–Crippen MR) is 102 cm³/mol. The molecule has 0 unspecified atom stereocenters. The lowest BCUT2D eigenvalue weighted by atomic mass is 10.1. The van der Waals surface area contributed by atoms with Crippen LogP contribution in [0, 0.1) is 5.92 Å². The van der Waals surface area contributed by atoms with Crippen molar-refractivity contribution in [3.63, 3.8) is 0 Å². The highest BCUT2D eigenvalue weighted by molar-refractivity contribution is 5.92. The zero-order valence-corrected chi connectivity index (χ0v) is 15.9. The first kappa shape index (κ1) is 21.9. The van der Waals surface area contributed by atoms with Crippen molar-refractivity contribution in [2.24, 2.45) is 17.4 Å². The van der Waals surface area contributed by atoms with Crippen LogP contribution in [0.5, 0.6) is 0 Å². The molecule has 1 atom stereocenters. The lowest BCUT2D eigenvalue weighted by Crippen LogP contribution is -2.48. The summed E-state index contributed by atoms with van der Waals surface area (Å²) in [6.45, 7) is 4.10. The average molecular weight is 383 g/mol. The van der Waals surface area contributed by atoms with Crippen molar-refractivity contribution in [1.82, 2.24) is 10.2 Å². The van der Waals surface area contributed by atoms with E-state index >= 15 is 0 Å². The molecule has 0 heterocycles. The molecular weight excluding hydrogens is 356 g/mol. The molecule has 1 aliphatic carbocycles. The number of primary amides is 1. The van der Waals surface area contributed by atoms with E-state index in [9.17, 15) is 14.4 Å². The van der Waals surface area contributed by atoms with Gasteiger partial charge in [0, 0.05) is 18.2 Å². The SMILES string of the molecule is CC(C)[C@H](N)C(=O)NCC(=O)N(Cc1ccc(C(N)=O)cc1)C1CC1.Cl. The topological polar surface area (TPSA) is 119 Å². The molecule has 1 fully saturated rings. The molecule has 144 valence electrons. The number of hydrogen-bond acceptors (Lipinski definition) is 4. The van der Waals surface area contributed by atoms with E-state index in [4.69, 9.17) is 11.5 Å². The average Bonchev–Trinajstić information content (AvgIpc) is 3.41. The van der Waals surface area contributed by atoms with Gasteiger partial charge >= 0.3 is 0 Å². The Labute approximate surface area is 159 Å². The number of nitrogens with zero attached hydrogens (tertiary/aromatic N) is 1. The summed E-state index contributed by atoms with van der Waals surface area (Å²) in [6, 6.07) is 6.46. The number of nitrogens with one attached hydrogen (secondary N) is 1. The summed E-state index contributed by atoms with van der Waals surface area (Å²) in [4.78, 5) is 37.3. The van der Waals surface area contributed by atoms with Gasteiger partial charge in [0.25, 0.3) is 0 Å². The summed E-state index contributed by atoms with van der Waals surface area (Å²) in [7, 11) is 0. The van der Waals surface area contributed by atoms with Crippen LogP contribution in [0.2, 0.25) is 0 Å². The van der Waals surface area contributed by atoms with Crippen molar-refractivity contribution < 1.29 is 14.4 Å². The first-order valence-electron chi connectivity index (χ1n) is 8.51. The van der Waals surface area contributed by atoms with Crippen LogP contribution in [0.15, 0.2) is 24.3 Å². The molecule has 1 aliphatic rings. The van der Waals surface area contributed by atoms with Crippen LogP contribution in [0.1, 0.15) is 42.6 Å². The van der Waals surface area contributed by atoms with Crippen molar-refractivity contribution in [2.75, 3.05) is 6.54 Å². The Morgan fingerprint density at radius 3 is 2.23 bits per heavy atom. The Bertz CT molecular complexity index is 644. The Hall–Kier alpha value is -2.12. The van der Waals surface area contributed by atoms with Crippen molar-refractivity contribution in [3.8, 4) is 0 Å². The Balaban J connectivity index is 0.00000338. The van der Waals surface area contributed by atoms with E-state index < -0.39 is 11.9 Å². The maximum Gasteiger partial charge on any atom is 0.248 e. The minimum Gasteiger partial charge on any atom is -0.366 e. The van der Waals surface area contributed by atoms with E-state index in [-0.39, 0.29) is 42.7 Å². The number of halogens is 1. The summed E-state index contributed by atoms with van der Waals surface area (Å²) in [5, 5.41) is 2.62. The van der Waals surface area contributed by atoms with Crippen molar-refractivity contribution >= 4 is 30.1 Å². The van der Waals surface area contributed by atoms with Gasteiger partial charge in [-0.15, -0.1) is 12.4 Å². The fraction of sp³-hybridized carbons (Fsp3) is 0.500. The fourth-order valence-electron chi connectivity index (χ4n) is 2.46. The molecule has 1 aromatic rings. The summed E-state index contributed by atoms with van der Waals surface area (Å²) >= 11 is 0. The maximum atomic E-state index is 12.5. The van der Waals surface area contributed by atoms with Gasteiger partial charge in [-0.3, -0.25) is 14.4 Å². The summed E-state index contributed by atoms with van der Waals surface area (Å²) in [5.74, 6) is -0.917. The monoisotopic (exact) mass is 382 g/mol. The second-order valence-electron chi connectivity index (χ2n) is 6.80. The minimum absolute atomic E-state index is 0. The van der Waals surface area contributed by atoms with Gasteiger partial charge in [-0.05, 0) is 36.5 Å². The highest BCUT2D eigenvalue weighted by Crippen LogP contribution is 2.28. The third kappa shape index (κ3) is 6.00. The largest absolute Gasteiger partial charge is 0.366 e. The molecule has 1 saturated carbocycles. The highest BCUT2D eigenvalue weighted by Gasteiger charge is 2.32. The molecule has 26 heavy (non-hydrogen) atoms. The second-order valence-corrected chi connectivity index (χ2v) is 6.80. The van der Waals surface area contributed by atoms with Gasteiger partial charge in [0.2, 0.25) is 17.7 Å². The molecule has 0 spiro atoms. The molecule has 5 N–H and O–H groups in total. The third-order valence-corrected chi connectivity index (χ3v) is 4.33. The van der Waals surface area contributed by atoms with E-state index in [1.54, 1.807) is 29.2 Å². The first-order valence-corrected chi connectivity index (χ1v) is 8.51. The van der Waals surface area contributed by atoms with Gasteiger partial charge in [-0.1, -0.05) is 26.0 Å². The zero-order chi connectivity index (χ0) is 18.6. The van der Waals surface area contributed by atoms with Gasteiger partial charge in [0.15, 0.2) is 0 Å². The highest BCUT2D eigenvalue weighted by atomic mass is 35.5. The van der Waals surface area contributed by atoms with E-state index in [0.717, 1.165) is 18.4 Å². The quantitative estimate of drug-likeness (QED) is 0.616. The van der Waals surface area contributed by atoms with Gasteiger partial charge in [-0.25, -0.2) is 0 Å². The standard InChI is InChI=1S/C18H26N4O3.ClH/c1-11(2)16(19)18(25)21-9-15(23)22(14-7-8-14)10-12-3-5-13(6-4-12)17(20)24;/h3-6,11,14,16H,7-10,19H2,1-2H3,(H2,20,24)(H,21,25);1H/t16-;/m0./s1. The van der Waals surface area contributed by atoms with Crippen LogP contribution in [0.3, 0.4) is 0 Å². The molecule has 7 nitrogen and oxygen atoms in total. The van der Waals surface area contributed by atoms with Crippen molar-refractivity contribution in [3.05, 3.63) is 35.4 Å². The Morgan fingerprint density at radius 1 is 1.19 bits per heavy atom. The van der Waals surface area contributed by atoms with Crippen LogP contribution >= 0.6 is 12.4 Å². The van der Waals surface area contributed by atoms with Gasteiger partial charge in [-0.2, -0.15) is 0 Å². The maximum absolute atomic E-state index is 12.5. The minimum atomic E-state index is -0.622. The molecule has 0 bridgehead atoms. The molecule has 0 radical (unpaired) electrons. The third-order valence-electron chi connectivity index (χ3n) is 4.33.